The molecule has 2 nitrogen and oxygen atoms in total. The molecule has 0 bridgehead atoms. The molecular weight excluding hydrogens is 174 g/mol. The lowest BCUT2D eigenvalue weighted by molar-refractivity contribution is -0.118. The molecular formula is C12H15NO. The Hall–Kier alpha value is -1.31. The van der Waals surface area contributed by atoms with E-state index in [1.54, 1.807) is 6.92 Å². The van der Waals surface area contributed by atoms with Gasteiger partial charge in [-0.05, 0) is 25.5 Å². The highest BCUT2D eigenvalue weighted by molar-refractivity contribution is 5.88. The van der Waals surface area contributed by atoms with Crippen molar-refractivity contribution in [3.05, 3.63) is 29.3 Å². The number of rotatable bonds is 1. The molecule has 0 spiro atoms. The predicted octanol–water partition coefficient (Wildman–Crippen LogP) is 2.12. The number of carbonyl (C=O) groups excluding carboxylic acids is 1. The van der Waals surface area contributed by atoms with E-state index in [-0.39, 0.29) is 11.7 Å². The number of carbonyl (C=O) groups is 1. The van der Waals surface area contributed by atoms with E-state index in [9.17, 15) is 4.79 Å². The van der Waals surface area contributed by atoms with Gasteiger partial charge in [-0.3, -0.25) is 4.79 Å². The average Bonchev–Trinajstić information content (AvgIpc) is 2.43. The highest BCUT2D eigenvalue weighted by Crippen LogP contribution is 2.36. The van der Waals surface area contributed by atoms with Crippen molar-refractivity contribution in [1.82, 2.24) is 0 Å². The number of anilines is 1. The summed E-state index contributed by atoms with van der Waals surface area (Å²) in [7, 11) is 2.04. The molecule has 0 aliphatic carbocycles. The van der Waals surface area contributed by atoms with Gasteiger partial charge in [0.1, 0.15) is 5.78 Å². The monoisotopic (exact) mass is 189 g/mol. The molecule has 2 rings (SSSR count). The maximum absolute atomic E-state index is 11.4. The zero-order chi connectivity index (χ0) is 10.3. The molecule has 0 N–H and O–H groups in total. The molecule has 1 atom stereocenters. The van der Waals surface area contributed by atoms with Gasteiger partial charge >= 0.3 is 0 Å². The molecule has 0 aromatic heterocycles. The molecule has 2 heteroatoms. The van der Waals surface area contributed by atoms with Crippen molar-refractivity contribution in [3.63, 3.8) is 0 Å². The molecule has 1 aliphatic rings. The van der Waals surface area contributed by atoms with Gasteiger partial charge in [0.25, 0.3) is 0 Å². The van der Waals surface area contributed by atoms with Gasteiger partial charge in [-0.25, -0.2) is 0 Å². The first kappa shape index (κ1) is 9.25. The number of benzene rings is 1. The van der Waals surface area contributed by atoms with E-state index in [1.165, 1.54) is 16.8 Å². The van der Waals surface area contributed by atoms with Crippen LogP contribution in [0.5, 0.6) is 0 Å². The predicted molar refractivity (Wildman–Crippen MR) is 57.9 cm³/mol. The molecule has 1 aromatic carbocycles. The van der Waals surface area contributed by atoms with Gasteiger partial charge in [0.2, 0.25) is 0 Å². The van der Waals surface area contributed by atoms with Crippen molar-refractivity contribution in [2.24, 2.45) is 0 Å². The number of likely N-dealkylation sites (N-methyl/N-ethyl adjacent to an activating group) is 1. The van der Waals surface area contributed by atoms with Crippen LogP contribution in [0.25, 0.3) is 0 Å². The first-order valence-corrected chi connectivity index (χ1v) is 4.91. The Bertz CT molecular complexity index is 384. The topological polar surface area (TPSA) is 20.3 Å². The first-order chi connectivity index (χ1) is 6.59. The van der Waals surface area contributed by atoms with Crippen LogP contribution in [0.3, 0.4) is 0 Å². The van der Waals surface area contributed by atoms with Crippen LogP contribution in [0.4, 0.5) is 5.69 Å². The third-order valence-corrected chi connectivity index (χ3v) is 2.92. The van der Waals surface area contributed by atoms with E-state index in [4.69, 9.17) is 0 Å². The fourth-order valence-corrected chi connectivity index (χ4v) is 2.12. The molecule has 14 heavy (non-hydrogen) atoms. The van der Waals surface area contributed by atoms with Gasteiger partial charge in [-0.15, -0.1) is 0 Å². The summed E-state index contributed by atoms with van der Waals surface area (Å²) in [6, 6.07) is 6.33. The molecule has 1 heterocycles. The molecule has 1 aromatic rings. The second-order valence-electron chi connectivity index (χ2n) is 4.11. The molecule has 0 saturated heterocycles. The minimum Gasteiger partial charge on any atom is -0.373 e. The average molecular weight is 189 g/mol. The van der Waals surface area contributed by atoms with Crippen LogP contribution in [0.15, 0.2) is 18.2 Å². The van der Waals surface area contributed by atoms with Crippen LogP contribution >= 0.6 is 0 Å². The normalized spacial score (nSPS) is 19.6. The van der Waals surface area contributed by atoms with Gasteiger partial charge in [0, 0.05) is 19.3 Å². The fourth-order valence-electron chi connectivity index (χ4n) is 2.12. The Kier molecular flexibility index (Phi) is 2.06. The molecule has 0 radical (unpaired) electrons. The van der Waals surface area contributed by atoms with Crippen LogP contribution in [0.2, 0.25) is 0 Å². The quantitative estimate of drug-likeness (QED) is 0.674. The fraction of sp³-hybridized carbons (Fsp3) is 0.417. The highest BCUT2D eigenvalue weighted by Gasteiger charge is 2.29. The molecule has 0 saturated carbocycles. The van der Waals surface area contributed by atoms with E-state index in [0.717, 1.165) is 6.54 Å². The summed E-state index contributed by atoms with van der Waals surface area (Å²) in [6.07, 6.45) is 0. The van der Waals surface area contributed by atoms with Crippen LogP contribution in [0.1, 0.15) is 24.0 Å². The zero-order valence-electron chi connectivity index (χ0n) is 8.87. The summed E-state index contributed by atoms with van der Waals surface area (Å²) in [5, 5.41) is 0. The van der Waals surface area contributed by atoms with E-state index in [1.807, 2.05) is 7.05 Å². The summed E-state index contributed by atoms with van der Waals surface area (Å²) >= 11 is 0. The molecule has 1 unspecified atom stereocenters. The lowest BCUT2D eigenvalue weighted by Gasteiger charge is -2.11. The van der Waals surface area contributed by atoms with Crippen molar-refractivity contribution >= 4 is 11.5 Å². The summed E-state index contributed by atoms with van der Waals surface area (Å²) in [5.41, 5.74) is 3.63. The Balaban J connectivity index is 2.51. The molecule has 0 amide bonds. The summed E-state index contributed by atoms with van der Waals surface area (Å²) in [4.78, 5) is 13.6. The Labute approximate surface area is 84.5 Å². The SMILES string of the molecule is CC(=O)C1CN(C)c2ccc(C)cc21. The smallest absolute Gasteiger partial charge is 0.139 e. The second kappa shape index (κ2) is 3.12. The Morgan fingerprint density at radius 3 is 2.86 bits per heavy atom. The van der Waals surface area contributed by atoms with E-state index in [0.29, 0.717) is 0 Å². The van der Waals surface area contributed by atoms with Crippen molar-refractivity contribution in [1.29, 1.82) is 0 Å². The van der Waals surface area contributed by atoms with Gasteiger partial charge in [-0.1, -0.05) is 17.7 Å². The number of nitrogens with zero attached hydrogens (tertiary/aromatic N) is 1. The number of fused-ring (bicyclic) bond motifs is 1. The number of aryl methyl sites for hydroxylation is 1. The minimum atomic E-state index is 0.0786. The minimum absolute atomic E-state index is 0.0786. The molecule has 0 fully saturated rings. The molecule has 74 valence electrons. The van der Waals surface area contributed by atoms with E-state index >= 15 is 0 Å². The highest BCUT2D eigenvalue weighted by atomic mass is 16.1. The van der Waals surface area contributed by atoms with Crippen molar-refractivity contribution < 1.29 is 4.79 Å². The van der Waals surface area contributed by atoms with Crippen molar-refractivity contribution in [3.8, 4) is 0 Å². The summed E-state index contributed by atoms with van der Waals surface area (Å²) in [6.45, 7) is 4.57. The number of ketones is 1. The number of Topliss-reactive ketones (excluding diaryl/α,β-unsaturated/α-hetero) is 1. The van der Waals surface area contributed by atoms with Crippen molar-refractivity contribution in [2.75, 3.05) is 18.5 Å². The van der Waals surface area contributed by atoms with E-state index < -0.39 is 0 Å². The lowest BCUT2D eigenvalue weighted by atomic mass is 9.96. The second-order valence-corrected chi connectivity index (χ2v) is 4.11. The van der Waals surface area contributed by atoms with E-state index in [2.05, 4.69) is 30.0 Å². The standard InChI is InChI=1S/C12H15NO/c1-8-4-5-12-10(6-8)11(9(2)14)7-13(12)3/h4-6,11H,7H2,1-3H3. The zero-order valence-corrected chi connectivity index (χ0v) is 8.87. The third kappa shape index (κ3) is 1.31. The Morgan fingerprint density at radius 1 is 1.50 bits per heavy atom. The Morgan fingerprint density at radius 2 is 2.21 bits per heavy atom. The maximum atomic E-state index is 11.4. The van der Waals surface area contributed by atoms with Gasteiger partial charge in [0.15, 0.2) is 0 Å². The van der Waals surface area contributed by atoms with Gasteiger partial charge in [0.05, 0.1) is 5.92 Å². The lowest BCUT2D eigenvalue weighted by Crippen LogP contribution is -2.18. The first-order valence-electron chi connectivity index (χ1n) is 4.91. The van der Waals surface area contributed by atoms with Crippen LogP contribution in [-0.2, 0) is 4.79 Å². The third-order valence-electron chi connectivity index (χ3n) is 2.92. The molecule has 1 aliphatic heterocycles. The maximum Gasteiger partial charge on any atom is 0.139 e. The number of hydrogen-bond donors (Lipinski definition) is 0. The van der Waals surface area contributed by atoms with Gasteiger partial charge < -0.3 is 4.90 Å². The van der Waals surface area contributed by atoms with Crippen LogP contribution in [-0.4, -0.2) is 19.4 Å². The summed E-state index contributed by atoms with van der Waals surface area (Å²) < 4.78 is 0. The largest absolute Gasteiger partial charge is 0.373 e. The number of hydrogen-bond acceptors (Lipinski definition) is 2. The van der Waals surface area contributed by atoms with Crippen molar-refractivity contribution in [2.45, 2.75) is 19.8 Å². The van der Waals surface area contributed by atoms with Gasteiger partial charge in [-0.2, -0.15) is 0 Å². The van der Waals surface area contributed by atoms with Crippen LogP contribution < -0.4 is 4.90 Å². The summed E-state index contributed by atoms with van der Waals surface area (Å²) in [5.74, 6) is 0.344. The van der Waals surface area contributed by atoms with Crippen LogP contribution in [0, 0.1) is 6.92 Å².